The molecule has 3 heterocycles. The number of hydrogen-bond donors (Lipinski definition) is 0. The lowest BCUT2D eigenvalue weighted by atomic mass is 9.82. The Labute approximate surface area is 319 Å². The summed E-state index contributed by atoms with van der Waals surface area (Å²) in [5, 5.41) is 3.64. The van der Waals surface area contributed by atoms with Crippen LogP contribution in [0.5, 0.6) is 0 Å². The van der Waals surface area contributed by atoms with E-state index in [-0.39, 0.29) is 5.41 Å². The normalized spacial score (nSPS) is 13.1. The summed E-state index contributed by atoms with van der Waals surface area (Å²) in [4.78, 5) is 9.11. The van der Waals surface area contributed by atoms with Crippen LogP contribution in [0, 0.1) is 0 Å². The second-order valence-electron chi connectivity index (χ2n) is 15.2. The number of fused-ring (bicyclic) bond motifs is 6. The van der Waals surface area contributed by atoms with E-state index < -0.39 is 0 Å². The zero-order valence-electron chi connectivity index (χ0n) is 30.6. The molecule has 0 amide bonds. The van der Waals surface area contributed by atoms with Gasteiger partial charge in [0, 0.05) is 46.2 Å². The van der Waals surface area contributed by atoms with Crippen LogP contribution < -0.4 is 0 Å². The lowest BCUT2D eigenvalue weighted by Gasteiger charge is -2.22. The van der Waals surface area contributed by atoms with Crippen molar-refractivity contribution in [2.75, 3.05) is 0 Å². The van der Waals surface area contributed by atoms with Crippen molar-refractivity contribution in [3.8, 4) is 61.6 Å². The molecule has 0 saturated heterocycles. The van der Waals surface area contributed by atoms with E-state index in [0.29, 0.717) is 5.78 Å². The molecule has 3 aromatic heterocycles. The highest BCUT2D eigenvalue weighted by Crippen LogP contribution is 2.50. The number of hydrogen-bond acceptors (Lipinski definition) is 2. The van der Waals surface area contributed by atoms with Gasteiger partial charge < -0.3 is 4.57 Å². The third-order valence-corrected chi connectivity index (χ3v) is 11.6. The van der Waals surface area contributed by atoms with Gasteiger partial charge >= 0.3 is 0 Å². The summed E-state index contributed by atoms with van der Waals surface area (Å²) in [6.45, 7) is 4.72. The highest BCUT2D eigenvalue weighted by atomic mass is 15.1. The summed E-state index contributed by atoms with van der Waals surface area (Å²) in [5.41, 5.74) is 16.8. The molecule has 7 aromatic carbocycles. The Bertz CT molecular complexity index is 3060. The Balaban J connectivity index is 1.11. The van der Waals surface area contributed by atoms with Crippen molar-refractivity contribution in [1.29, 1.82) is 0 Å². The van der Waals surface area contributed by atoms with Gasteiger partial charge in [0.2, 0.25) is 5.78 Å². The molecule has 0 saturated carbocycles. The van der Waals surface area contributed by atoms with E-state index >= 15 is 0 Å². The monoisotopic (exact) mass is 704 g/mol. The SMILES string of the molecule is CC1(C)c2ccccc2-c2ccc(-n3c(-c4ccccc4)c(-c4ccccc4)c4cc5cc(-c6ccc(-c7cn8cccnc8n7)cc6)ccc5cc43)cc21. The van der Waals surface area contributed by atoms with E-state index in [2.05, 4.69) is 181 Å². The molecule has 0 spiro atoms. The minimum atomic E-state index is -0.106. The number of aromatic nitrogens is 4. The van der Waals surface area contributed by atoms with E-state index in [0.717, 1.165) is 11.3 Å². The first-order valence-corrected chi connectivity index (χ1v) is 18.9. The lowest BCUT2D eigenvalue weighted by Crippen LogP contribution is -2.15. The zero-order chi connectivity index (χ0) is 36.7. The van der Waals surface area contributed by atoms with Crippen molar-refractivity contribution < 1.29 is 0 Å². The quantitative estimate of drug-likeness (QED) is 0.179. The summed E-state index contributed by atoms with van der Waals surface area (Å²) in [6.07, 6.45) is 5.78. The van der Waals surface area contributed by atoms with Gasteiger partial charge in [-0.3, -0.25) is 4.40 Å². The van der Waals surface area contributed by atoms with Gasteiger partial charge in [0.05, 0.1) is 16.9 Å². The fraction of sp³-hybridized carbons (Fsp3) is 0.0588. The summed E-state index contributed by atoms with van der Waals surface area (Å²) < 4.78 is 4.46. The van der Waals surface area contributed by atoms with Crippen LogP contribution in [0.4, 0.5) is 0 Å². The molecule has 10 aromatic rings. The first kappa shape index (κ1) is 31.5. The largest absolute Gasteiger partial charge is 0.309 e. The molecule has 4 heteroatoms. The first-order valence-electron chi connectivity index (χ1n) is 18.9. The Morgan fingerprint density at radius 2 is 1.24 bits per heavy atom. The topological polar surface area (TPSA) is 35.1 Å². The molecule has 0 unspecified atom stereocenters. The van der Waals surface area contributed by atoms with E-state index in [9.17, 15) is 0 Å². The smallest absolute Gasteiger partial charge is 0.234 e. The van der Waals surface area contributed by atoms with Crippen LogP contribution in [0.15, 0.2) is 182 Å². The summed E-state index contributed by atoms with van der Waals surface area (Å²) in [7, 11) is 0. The molecule has 4 nitrogen and oxygen atoms in total. The Hall–Kier alpha value is -7.04. The van der Waals surface area contributed by atoms with E-state index in [1.807, 2.05) is 22.9 Å². The molecular formula is C51H36N4. The van der Waals surface area contributed by atoms with Gasteiger partial charge in [-0.1, -0.05) is 141 Å². The number of imidazole rings is 1. The van der Waals surface area contributed by atoms with E-state index in [4.69, 9.17) is 4.98 Å². The van der Waals surface area contributed by atoms with Crippen LogP contribution in [0.1, 0.15) is 25.0 Å². The van der Waals surface area contributed by atoms with Crippen LogP contribution in [0.25, 0.3) is 89.0 Å². The number of rotatable bonds is 5. The molecule has 0 radical (unpaired) electrons. The number of nitrogens with zero attached hydrogens (tertiary/aromatic N) is 4. The molecule has 11 rings (SSSR count). The highest BCUT2D eigenvalue weighted by molar-refractivity contribution is 6.11. The molecular weight excluding hydrogens is 669 g/mol. The van der Waals surface area contributed by atoms with E-state index in [1.165, 1.54) is 83.1 Å². The van der Waals surface area contributed by atoms with Gasteiger partial charge in [-0.25, -0.2) is 9.97 Å². The van der Waals surface area contributed by atoms with Crippen molar-refractivity contribution in [2.24, 2.45) is 0 Å². The molecule has 0 aliphatic heterocycles. The Morgan fingerprint density at radius 1 is 0.527 bits per heavy atom. The van der Waals surface area contributed by atoms with Crippen molar-refractivity contribution in [2.45, 2.75) is 19.3 Å². The van der Waals surface area contributed by atoms with Gasteiger partial charge in [0.1, 0.15) is 0 Å². The van der Waals surface area contributed by atoms with Gasteiger partial charge in [-0.05, 0) is 91.7 Å². The second kappa shape index (κ2) is 12.0. The van der Waals surface area contributed by atoms with Crippen molar-refractivity contribution in [3.63, 3.8) is 0 Å². The maximum Gasteiger partial charge on any atom is 0.234 e. The predicted octanol–water partition coefficient (Wildman–Crippen LogP) is 12.8. The maximum absolute atomic E-state index is 4.72. The van der Waals surface area contributed by atoms with Gasteiger partial charge in [-0.2, -0.15) is 0 Å². The first-order chi connectivity index (χ1) is 27.0. The third kappa shape index (κ3) is 4.92. The maximum atomic E-state index is 4.72. The highest BCUT2D eigenvalue weighted by Gasteiger charge is 2.35. The molecule has 1 aliphatic carbocycles. The number of benzene rings is 7. The zero-order valence-corrected chi connectivity index (χ0v) is 30.6. The van der Waals surface area contributed by atoms with E-state index in [1.54, 1.807) is 6.20 Å². The Kier molecular flexibility index (Phi) is 6.86. The van der Waals surface area contributed by atoms with Crippen LogP contribution in [-0.4, -0.2) is 18.9 Å². The average molecular weight is 705 g/mol. The standard InChI is InChI=1S/C51H36N4/c1-51(2)44-17-10-9-16-41(44)42-25-24-40(31-45(42)51)55-47-30-38-23-22-37(33-18-20-34(21-19-33)46-32-54-27-11-26-52-50(54)53-46)28-39(38)29-43(47)48(35-12-5-3-6-13-35)49(55)36-14-7-4-8-15-36/h3-32H,1-2H3. The van der Waals surface area contributed by atoms with Crippen molar-refractivity contribution in [3.05, 3.63) is 194 Å². The molecule has 260 valence electrons. The molecule has 0 bridgehead atoms. The van der Waals surface area contributed by atoms with Crippen molar-refractivity contribution in [1.82, 2.24) is 18.9 Å². The van der Waals surface area contributed by atoms with Crippen molar-refractivity contribution >= 4 is 27.5 Å². The van der Waals surface area contributed by atoms with Crippen LogP contribution >= 0.6 is 0 Å². The van der Waals surface area contributed by atoms with Gasteiger partial charge in [0.25, 0.3) is 0 Å². The Morgan fingerprint density at radius 3 is 2.04 bits per heavy atom. The molecule has 1 aliphatic rings. The van der Waals surface area contributed by atoms with Crippen LogP contribution in [0.2, 0.25) is 0 Å². The fourth-order valence-corrected chi connectivity index (χ4v) is 8.88. The minimum Gasteiger partial charge on any atom is -0.309 e. The summed E-state index contributed by atoms with van der Waals surface area (Å²) in [5.74, 6) is 0.701. The third-order valence-electron chi connectivity index (χ3n) is 11.6. The van der Waals surface area contributed by atoms with Crippen LogP contribution in [-0.2, 0) is 5.41 Å². The van der Waals surface area contributed by atoms with Gasteiger partial charge in [0.15, 0.2) is 0 Å². The average Bonchev–Trinajstić information content (AvgIpc) is 3.89. The molecule has 0 atom stereocenters. The molecule has 55 heavy (non-hydrogen) atoms. The minimum absolute atomic E-state index is 0.106. The lowest BCUT2D eigenvalue weighted by molar-refractivity contribution is 0.660. The van der Waals surface area contributed by atoms with Gasteiger partial charge in [-0.15, -0.1) is 0 Å². The molecule has 0 N–H and O–H groups in total. The second-order valence-corrected chi connectivity index (χ2v) is 15.2. The summed E-state index contributed by atoms with van der Waals surface area (Å²) in [6, 6.07) is 60.0. The molecule has 0 fully saturated rings. The fourth-order valence-electron chi connectivity index (χ4n) is 8.88. The van der Waals surface area contributed by atoms with Crippen LogP contribution in [0.3, 0.4) is 0 Å². The summed E-state index contributed by atoms with van der Waals surface area (Å²) >= 11 is 0. The predicted molar refractivity (Wildman–Crippen MR) is 227 cm³/mol.